The lowest BCUT2D eigenvalue weighted by molar-refractivity contribution is 0.585. The molecule has 0 radical (unpaired) electrons. The molecule has 2 rings (SSSR count). The third-order valence-corrected chi connectivity index (χ3v) is 2.20. The van der Waals surface area contributed by atoms with E-state index in [2.05, 4.69) is 4.98 Å². The van der Waals surface area contributed by atoms with Crippen LogP contribution in [0.4, 0.5) is 8.78 Å². The van der Waals surface area contributed by atoms with Crippen LogP contribution in [0, 0.1) is 18.6 Å². The molecule has 0 unspecified atom stereocenters. The average molecular weight is 235 g/mol. The van der Waals surface area contributed by atoms with Gasteiger partial charge in [0.2, 0.25) is 0 Å². The normalized spacial score (nSPS) is 9.47. The number of nitrogens with zero attached hydrogens (tertiary/aromatic N) is 1. The van der Waals surface area contributed by atoms with Gasteiger partial charge in [-0.1, -0.05) is 19.9 Å². The summed E-state index contributed by atoms with van der Waals surface area (Å²) in [4.78, 5) is 4.08. The van der Waals surface area contributed by atoms with E-state index in [-0.39, 0.29) is 0 Å². The third kappa shape index (κ3) is 3.09. The molecule has 0 saturated carbocycles. The Bertz CT molecular complexity index is 495. The van der Waals surface area contributed by atoms with Gasteiger partial charge in [-0.25, -0.2) is 8.78 Å². The Morgan fingerprint density at radius 3 is 2.35 bits per heavy atom. The van der Waals surface area contributed by atoms with E-state index in [1.54, 1.807) is 12.3 Å². The van der Waals surface area contributed by atoms with Gasteiger partial charge in [-0.15, -0.1) is 0 Å². The van der Waals surface area contributed by atoms with Gasteiger partial charge in [0.15, 0.2) is 0 Å². The molecule has 0 bridgehead atoms. The van der Waals surface area contributed by atoms with Crippen molar-refractivity contribution in [2.45, 2.75) is 20.8 Å². The number of pyridine rings is 1. The van der Waals surface area contributed by atoms with Crippen LogP contribution in [-0.2, 0) is 0 Å². The molecule has 17 heavy (non-hydrogen) atoms. The van der Waals surface area contributed by atoms with Gasteiger partial charge < -0.3 is 0 Å². The summed E-state index contributed by atoms with van der Waals surface area (Å²) >= 11 is 0. The SMILES string of the molecule is CC.Cc1cccnc1-c1ccc(F)cc1F. The molecule has 0 N–H and O–H groups in total. The first-order valence-electron chi connectivity index (χ1n) is 5.55. The molecular weight excluding hydrogens is 220 g/mol. The molecule has 1 nitrogen and oxygen atoms in total. The second kappa shape index (κ2) is 6.09. The van der Waals surface area contributed by atoms with Gasteiger partial charge in [0.05, 0.1) is 5.69 Å². The summed E-state index contributed by atoms with van der Waals surface area (Å²) in [5.41, 5.74) is 1.74. The van der Waals surface area contributed by atoms with Crippen LogP contribution in [-0.4, -0.2) is 4.98 Å². The molecule has 0 atom stereocenters. The van der Waals surface area contributed by atoms with Gasteiger partial charge in [0.1, 0.15) is 11.6 Å². The van der Waals surface area contributed by atoms with Crippen LogP contribution >= 0.6 is 0 Å². The third-order valence-electron chi connectivity index (χ3n) is 2.20. The minimum atomic E-state index is -0.586. The summed E-state index contributed by atoms with van der Waals surface area (Å²) in [6.07, 6.45) is 1.59. The molecule has 0 aliphatic rings. The molecule has 1 aromatic heterocycles. The lowest BCUT2D eigenvalue weighted by Gasteiger charge is -2.05. The quantitative estimate of drug-likeness (QED) is 0.715. The predicted octanol–water partition coefficient (Wildman–Crippen LogP) is 4.36. The maximum absolute atomic E-state index is 13.4. The Hall–Kier alpha value is -1.77. The topological polar surface area (TPSA) is 12.9 Å². The number of hydrogen-bond acceptors (Lipinski definition) is 1. The molecule has 0 aliphatic carbocycles. The molecule has 0 saturated heterocycles. The van der Waals surface area contributed by atoms with Crippen LogP contribution in [0.15, 0.2) is 36.5 Å². The van der Waals surface area contributed by atoms with Crippen LogP contribution in [0.3, 0.4) is 0 Å². The van der Waals surface area contributed by atoms with E-state index in [0.717, 1.165) is 11.6 Å². The molecule has 0 aliphatic heterocycles. The Kier molecular flexibility index (Phi) is 4.76. The summed E-state index contributed by atoms with van der Waals surface area (Å²) in [5.74, 6) is -1.17. The van der Waals surface area contributed by atoms with Crippen LogP contribution in [0.1, 0.15) is 19.4 Å². The van der Waals surface area contributed by atoms with Gasteiger partial charge in [-0.2, -0.15) is 0 Å². The fraction of sp³-hybridized carbons (Fsp3) is 0.214. The first kappa shape index (κ1) is 13.3. The number of aryl methyl sites for hydroxylation is 1. The molecule has 0 spiro atoms. The Labute approximate surface area is 100 Å². The fourth-order valence-corrected chi connectivity index (χ4v) is 1.45. The zero-order valence-electron chi connectivity index (χ0n) is 10.2. The van der Waals surface area contributed by atoms with Gasteiger partial charge in [0.25, 0.3) is 0 Å². The average Bonchev–Trinajstić information content (AvgIpc) is 2.33. The highest BCUT2D eigenvalue weighted by Crippen LogP contribution is 2.23. The molecule has 0 amide bonds. The van der Waals surface area contributed by atoms with Crippen LogP contribution in [0.5, 0.6) is 0 Å². The Morgan fingerprint density at radius 2 is 1.76 bits per heavy atom. The summed E-state index contributed by atoms with van der Waals surface area (Å²) in [6.45, 7) is 5.84. The maximum atomic E-state index is 13.4. The van der Waals surface area contributed by atoms with E-state index in [1.165, 1.54) is 12.1 Å². The zero-order chi connectivity index (χ0) is 12.8. The molecule has 3 heteroatoms. The molecular formula is C14H15F2N. The summed E-state index contributed by atoms with van der Waals surface area (Å²) in [7, 11) is 0. The van der Waals surface area contributed by atoms with Crippen molar-refractivity contribution < 1.29 is 8.78 Å². The van der Waals surface area contributed by atoms with Gasteiger partial charge in [-0.05, 0) is 30.7 Å². The molecule has 0 fully saturated rings. The van der Waals surface area contributed by atoms with Crippen LogP contribution in [0.2, 0.25) is 0 Å². The number of halogens is 2. The maximum Gasteiger partial charge on any atom is 0.135 e. The second-order valence-corrected chi connectivity index (χ2v) is 3.29. The van der Waals surface area contributed by atoms with Crippen LogP contribution in [0.25, 0.3) is 11.3 Å². The summed E-state index contributed by atoms with van der Waals surface area (Å²) in [6, 6.07) is 7.11. The number of benzene rings is 1. The first-order chi connectivity index (χ1) is 8.18. The number of aromatic nitrogens is 1. The number of rotatable bonds is 1. The van der Waals surface area contributed by atoms with E-state index in [1.807, 2.05) is 26.8 Å². The first-order valence-corrected chi connectivity index (χ1v) is 5.55. The Morgan fingerprint density at radius 1 is 1.06 bits per heavy atom. The van der Waals surface area contributed by atoms with Crippen molar-refractivity contribution in [3.05, 3.63) is 53.7 Å². The van der Waals surface area contributed by atoms with Crippen LogP contribution < -0.4 is 0 Å². The molecule has 2 aromatic rings. The van der Waals surface area contributed by atoms with E-state index < -0.39 is 11.6 Å². The number of hydrogen-bond donors (Lipinski definition) is 0. The zero-order valence-corrected chi connectivity index (χ0v) is 10.2. The fourth-order valence-electron chi connectivity index (χ4n) is 1.45. The van der Waals surface area contributed by atoms with Crippen molar-refractivity contribution >= 4 is 0 Å². The van der Waals surface area contributed by atoms with Crippen molar-refractivity contribution in [2.24, 2.45) is 0 Å². The largest absolute Gasteiger partial charge is 0.256 e. The van der Waals surface area contributed by atoms with Crippen molar-refractivity contribution in [1.82, 2.24) is 4.98 Å². The lowest BCUT2D eigenvalue weighted by Crippen LogP contribution is -1.91. The highest BCUT2D eigenvalue weighted by molar-refractivity contribution is 5.63. The highest BCUT2D eigenvalue weighted by Gasteiger charge is 2.09. The lowest BCUT2D eigenvalue weighted by atomic mass is 10.1. The minimum Gasteiger partial charge on any atom is -0.256 e. The molecule has 1 heterocycles. The van der Waals surface area contributed by atoms with Gasteiger partial charge in [0, 0.05) is 17.8 Å². The molecule has 1 aromatic carbocycles. The predicted molar refractivity (Wildman–Crippen MR) is 65.7 cm³/mol. The van der Waals surface area contributed by atoms with Gasteiger partial charge >= 0.3 is 0 Å². The second-order valence-electron chi connectivity index (χ2n) is 3.29. The summed E-state index contributed by atoms with van der Waals surface area (Å²) in [5, 5.41) is 0. The van der Waals surface area contributed by atoms with Crippen molar-refractivity contribution in [3.63, 3.8) is 0 Å². The van der Waals surface area contributed by atoms with E-state index >= 15 is 0 Å². The van der Waals surface area contributed by atoms with E-state index in [4.69, 9.17) is 0 Å². The van der Waals surface area contributed by atoms with Crippen molar-refractivity contribution in [2.75, 3.05) is 0 Å². The Balaban J connectivity index is 0.000000686. The smallest absolute Gasteiger partial charge is 0.135 e. The standard InChI is InChI=1S/C12H9F2N.C2H6/c1-8-3-2-6-15-12(8)10-5-4-9(13)7-11(10)14;1-2/h2-7H,1H3;1-2H3. The van der Waals surface area contributed by atoms with Gasteiger partial charge in [-0.3, -0.25) is 4.98 Å². The monoisotopic (exact) mass is 235 g/mol. The summed E-state index contributed by atoms with van der Waals surface area (Å²) < 4.78 is 26.1. The van der Waals surface area contributed by atoms with Crippen molar-refractivity contribution in [3.8, 4) is 11.3 Å². The van der Waals surface area contributed by atoms with Crippen molar-refractivity contribution in [1.29, 1.82) is 0 Å². The van der Waals surface area contributed by atoms with E-state index in [0.29, 0.717) is 11.3 Å². The highest BCUT2D eigenvalue weighted by atomic mass is 19.1. The molecule has 90 valence electrons. The minimum absolute atomic E-state index is 0.328. The van der Waals surface area contributed by atoms with E-state index in [9.17, 15) is 8.78 Å².